The third kappa shape index (κ3) is 7.37. The number of rotatable bonds is 9. The van der Waals surface area contributed by atoms with E-state index in [4.69, 9.17) is 4.74 Å². The number of hydrogen-bond acceptors (Lipinski definition) is 2. The van der Waals surface area contributed by atoms with Gasteiger partial charge in [-0.15, -0.1) is 0 Å². The predicted molar refractivity (Wildman–Crippen MR) is 75.4 cm³/mol. The Hall–Kier alpha value is -0.570. The molecule has 0 aromatic carbocycles. The summed E-state index contributed by atoms with van der Waals surface area (Å²) in [4.78, 5) is 4.12. The van der Waals surface area contributed by atoms with Gasteiger partial charge in [0.2, 0.25) is 0 Å². The average Bonchev–Trinajstić information content (AvgIpc) is 2.35. The summed E-state index contributed by atoms with van der Waals surface area (Å²) in [6.45, 7) is 3.05. The van der Waals surface area contributed by atoms with Crippen molar-refractivity contribution in [1.82, 2.24) is 4.98 Å². The molecule has 0 saturated heterocycles. The molecule has 2 nitrogen and oxygen atoms in total. The molecule has 0 aliphatic heterocycles. The fraction of sp³-hybridized carbons (Fsp3) is 0.643. The molecule has 0 bridgehead atoms. The highest BCUT2D eigenvalue weighted by atomic mass is 79.9. The molecular formula is C14H22BrNO. The van der Waals surface area contributed by atoms with E-state index >= 15 is 0 Å². The molecular weight excluding hydrogens is 278 g/mol. The number of unbranched alkanes of at least 4 members (excludes halogenated alkanes) is 6. The van der Waals surface area contributed by atoms with Crippen LogP contribution in [-0.4, -0.2) is 11.6 Å². The van der Waals surface area contributed by atoms with E-state index in [0.29, 0.717) is 0 Å². The summed E-state index contributed by atoms with van der Waals surface area (Å²) < 4.78 is 6.45. The van der Waals surface area contributed by atoms with Crippen LogP contribution in [0.15, 0.2) is 22.9 Å². The average molecular weight is 300 g/mol. The molecule has 0 radical (unpaired) electrons. The van der Waals surface area contributed by atoms with Gasteiger partial charge in [0.25, 0.3) is 0 Å². The third-order valence-electron chi connectivity index (χ3n) is 2.72. The fourth-order valence-corrected chi connectivity index (χ4v) is 1.93. The van der Waals surface area contributed by atoms with Gasteiger partial charge in [-0.1, -0.05) is 45.4 Å². The number of nitrogens with zero attached hydrogens (tertiary/aromatic N) is 1. The van der Waals surface area contributed by atoms with Crippen molar-refractivity contribution < 1.29 is 4.74 Å². The van der Waals surface area contributed by atoms with Crippen molar-refractivity contribution in [2.45, 2.75) is 51.9 Å². The first-order valence-electron chi connectivity index (χ1n) is 6.57. The fourth-order valence-electron chi connectivity index (χ4n) is 1.70. The highest BCUT2D eigenvalue weighted by Gasteiger charge is 1.95. The molecule has 96 valence electrons. The van der Waals surface area contributed by atoms with Crippen LogP contribution in [0.1, 0.15) is 51.9 Å². The predicted octanol–water partition coefficient (Wildman–Crippen LogP) is 4.97. The maximum absolute atomic E-state index is 5.61. The topological polar surface area (TPSA) is 22.1 Å². The van der Waals surface area contributed by atoms with Crippen LogP contribution in [-0.2, 0) is 0 Å². The lowest BCUT2D eigenvalue weighted by Crippen LogP contribution is -1.97. The van der Waals surface area contributed by atoms with Gasteiger partial charge in [0.15, 0.2) is 0 Å². The molecule has 3 heteroatoms. The van der Waals surface area contributed by atoms with Crippen LogP contribution < -0.4 is 4.74 Å². The normalized spacial score (nSPS) is 10.5. The van der Waals surface area contributed by atoms with Gasteiger partial charge in [0, 0.05) is 0 Å². The first-order chi connectivity index (χ1) is 8.33. The van der Waals surface area contributed by atoms with Crippen molar-refractivity contribution in [2.75, 3.05) is 6.61 Å². The Kier molecular flexibility index (Phi) is 8.06. The molecule has 0 fully saturated rings. The molecule has 0 saturated carbocycles. The molecule has 0 atom stereocenters. The Morgan fingerprint density at radius 1 is 1.06 bits per heavy atom. The van der Waals surface area contributed by atoms with Crippen LogP contribution in [0.2, 0.25) is 0 Å². The second kappa shape index (κ2) is 9.46. The van der Waals surface area contributed by atoms with Crippen molar-refractivity contribution in [3.63, 3.8) is 0 Å². The van der Waals surface area contributed by atoms with Crippen molar-refractivity contribution in [2.24, 2.45) is 0 Å². The van der Waals surface area contributed by atoms with Gasteiger partial charge < -0.3 is 4.74 Å². The maximum atomic E-state index is 5.61. The van der Waals surface area contributed by atoms with Crippen LogP contribution in [0.4, 0.5) is 0 Å². The maximum Gasteiger partial charge on any atom is 0.137 e. The summed E-state index contributed by atoms with van der Waals surface area (Å²) in [6.07, 6.45) is 10.9. The van der Waals surface area contributed by atoms with Crippen molar-refractivity contribution in [1.29, 1.82) is 0 Å². The number of hydrogen-bond donors (Lipinski definition) is 0. The quantitative estimate of drug-likeness (QED) is 0.474. The van der Waals surface area contributed by atoms with Gasteiger partial charge in [0.1, 0.15) is 10.4 Å². The highest BCUT2D eigenvalue weighted by molar-refractivity contribution is 9.10. The zero-order valence-corrected chi connectivity index (χ0v) is 12.2. The standard InChI is InChI=1S/C14H22BrNO/c1-2-3-4-5-6-7-8-11-17-13-9-10-14(15)16-12-13/h9-10,12H,2-8,11H2,1H3. The van der Waals surface area contributed by atoms with Gasteiger partial charge in [-0.3, -0.25) is 0 Å². The summed E-state index contributed by atoms with van der Waals surface area (Å²) >= 11 is 3.30. The van der Waals surface area contributed by atoms with Gasteiger partial charge in [-0.05, 0) is 34.5 Å². The second-order valence-corrected chi connectivity index (χ2v) is 5.10. The zero-order chi connectivity index (χ0) is 12.3. The number of aromatic nitrogens is 1. The van der Waals surface area contributed by atoms with Crippen LogP contribution in [0, 0.1) is 0 Å². The van der Waals surface area contributed by atoms with Crippen molar-refractivity contribution >= 4 is 15.9 Å². The summed E-state index contributed by atoms with van der Waals surface area (Å²) in [6, 6.07) is 3.85. The van der Waals surface area contributed by atoms with E-state index in [2.05, 4.69) is 27.8 Å². The largest absolute Gasteiger partial charge is 0.492 e. The van der Waals surface area contributed by atoms with E-state index in [-0.39, 0.29) is 0 Å². The van der Waals surface area contributed by atoms with E-state index in [1.807, 2.05) is 12.1 Å². The Bertz CT molecular complexity index is 287. The van der Waals surface area contributed by atoms with E-state index in [0.717, 1.165) is 23.4 Å². The number of ether oxygens (including phenoxy) is 1. The van der Waals surface area contributed by atoms with Gasteiger partial charge in [-0.25, -0.2) is 4.98 Å². The zero-order valence-electron chi connectivity index (χ0n) is 10.6. The SMILES string of the molecule is CCCCCCCCCOc1ccc(Br)nc1. The molecule has 1 heterocycles. The minimum Gasteiger partial charge on any atom is -0.492 e. The smallest absolute Gasteiger partial charge is 0.137 e. The molecule has 0 N–H and O–H groups in total. The first kappa shape index (κ1) is 14.5. The Labute approximate surface area is 113 Å². The van der Waals surface area contributed by atoms with Crippen LogP contribution >= 0.6 is 15.9 Å². The summed E-state index contributed by atoms with van der Waals surface area (Å²) in [7, 11) is 0. The summed E-state index contributed by atoms with van der Waals surface area (Å²) in [5, 5.41) is 0. The third-order valence-corrected chi connectivity index (χ3v) is 3.19. The van der Waals surface area contributed by atoms with Crippen molar-refractivity contribution in [3.05, 3.63) is 22.9 Å². The Morgan fingerprint density at radius 3 is 2.41 bits per heavy atom. The minimum absolute atomic E-state index is 0.803. The van der Waals surface area contributed by atoms with E-state index in [1.54, 1.807) is 6.20 Å². The van der Waals surface area contributed by atoms with Crippen molar-refractivity contribution in [3.8, 4) is 5.75 Å². The molecule has 17 heavy (non-hydrogen) atoms. The molecule has 0 amide bonds. The van der Waals surface area contributed by atoms with E-state index < -0.39 is 0 Å². The Morgan fingerprint density at radius 2 is 1.76 bits per heavy atom. The monoisotopic (exact) mass is 299 g/mol. The molecule has 1 aromatic heterocycles. The van der Waals surface area contributed by atoms with Crippen LogP contribution in [0.25, 0.3) is 0 Å². The molecule has 0 unspecified atom stereocenters. The Balaban J connectivity index is 1.95. The molecule has 1 rings (SSSR count). The first-order valence-corrected chi connectivity index (χ1v) is 7.36. The summed E-state index contributed by atoms with van der Waals surface area (Å²) in [5.74, 6) is 0.860. The second-order valence-electron chi connectivity index (χ2n) is 4.29. The highest BCUT2D eigenvalue weighted by Crippen LogP contribution is 2.13. The van der Waals surface area contributed by atoms with Gasteiger partial charge >= 0.3 is 0 Å². The summed E-state index contributed by atoms with van der Waals surface area (Å²) in [5.41, 5.74) is 0. The van der Waals surface area contributed by atoms with E-state index in [1.165, 1.54) is 38.5 Å². The van der Waals surface area contributed by atoms with Gasteiger partial charge in [0.05, 0.1) is 12.8 Å². The lowest BCUT2D eigenvalue weighted by molar-refractivity contribution is 0.303. The lowest BCUT2D eigenvalue weighted by atomic mass is 10.1. The number of pyridine rings is 1. The van der Waals surface area contributed by atoms with Gasteiger partial charge in [-0.2, -0.15) is 0 Å². The molecule has 0 aliphatic carbocycles. The van der Waals surface area contributed by atoms with E-state index in [9.17, 15) is 0 Å². The van der Waals surface area contributed by atoms with Crippen LogP contribution in [0.3, 0.4) is 0 Å². The number of halogens is 1. The minimum atomic E-state index is 0.803. The molecule has 1 aromatic rings. The molecule has 0 spiro atoms. The lowest BCUT2D eigenvalue weighted by Gasteiger charge is -2.05. The molecule has 0 aliphatic rings. The van der Waals surface area contributed by atoms with Crippen LogP contribution in [0.5, 0.6) is 5.75 Å².